The lowest BCUT2D eigenvalue weighted by Gasteiger charge is -2.17. The number of carbonyl (C=O) groups excluding carboxylic acids is 1. The quantitative estimate of drug-likeness (QED) is 0.750. The molecule has 0 spiro atoms. The van der Waals surface area contributed by atoms with Crippen LogP contribution in [0.15, 0.2) is 24.3 Å². The molecule has 116 valence electrons. The standard InChI is InChI=1S/C17H24O4/c1-11(2)15(9-12(3)21-13(4)18)14-7-8-16(19-5)17(10-14)20-6/h7-12H,1-6H3/b15-9-/t12-/m1/s1. The fourth-order valence-electron chi connectivity index (χ4n) is 2.19. The zero-order valence-electron chi connectivity index (χ0n) is 13.6. The van der Waals surface area contributed by atoms with Gasteiger partial charge in [0.25, 0.3) is 0 Å². The summed E-state index contributed by atoms with van der Waals surface area (Å²) in [6.45, 7) is 7.46. The van der Waals surface area contributed by atoms with Crippen molar-refractivity contribution in [2.45, 2.75) is 33.8 Å². The Morgan fingerprint density at radius 1 is 1.10 bits per heavy atom. The molecule has 0 saturated heterocycles. The Hall–Kier alpha value is -1.97. The van der Waals surface area contributed by atoms with Crippen LogP contribution >= 0.6 is 0 Å². The molecule has 0 bridgehead atoms. The van der Waals surface area contributed by atoms with Crippen molar-refractivity contribution in [3.05, 3.63) is 29.8 Å². The summed E-state index contributed by atoms with van der Waals surface area (Å²) in [5.74, 6) is 1.38. The SMILES string of the molecule is COc1ccc(/C(=C\[C@@H](C)OC(C)=O)C(C)C)cc1OC. The molecule has 0 radical (unpaired) electrons. The molecule has 0 aliphatic rings. The van der Waals surface area contributed by atoms with Crippen LogP contribution in [0.2, 0.25) is 0 Å². The maximum Gasteiger partial charge on any atom is 0.303 e. The van der Waals surface area contributed by atoms with Crippen LogP contribution < -0.4 is 9.47 Å². The molecular weight excluding hydrogens is 268 g/mol. The highest BCUT2D eigenvalue weighted by atomic mass is 16.5. The van der Waals surface area contributed by atoms with Gasteiger partial charge in [0.15, 0.2) is 11.5 Å². The van der Waals surface area contributed by atoms with Gasteiger partial charge in [-0.15, -0.1) is 0 Å². The third-order valence-corrected chi connectivity index (χ3v) is 3.11. The van der Waals surface area contributed by atoms with E-state index < -0.39 is 0 Å². The molecule has 1 aromatic carbocycles. The summed E-state index contributed by atoms with van der Waals surface area (Å²) in [5, 5.41) is 0. The summed E-state index contributed by atoms with van der Waals surface area (Å²) in [5.41, 5.74) is 2.13. The molecule has 1 atom stereocenters. The van der Waals surface area contributed by atoms with Crippen molar-refractivity contribution < 1.29 is 19.0 Å². The van der Waals surface area contributed by atoms with Crippen LogP contribution in [-0.4, -0.2) is 26.3 Å². The number of ether oxygens (including phenoxy) is 3. The minimum atomic E-state index is -0.283. The third-order valence-electron chi connectivity index (χ3n) is 3.11. The molecule has 4 heteroatoms. The Morgan fingerprint density at radius 3 is 2.19 bits per heavy atom. The van der Waals surface area contributed by atoms with Gasteiger partial charge in [0.05, 0.1) is 14.2 Å². The van der Waals surface area contributed by atoms with Crippen molar-refractivity contribution in [2.24, 2.45) is 5.92 Å². The largest absolute Gasteiger partial charge is 0.493 e. The number of esters is 1. The van der Waals surface area contributed by atoms with E-state index in [4.69, 9.17) is 14.2 Å². The molecule has 0 aliphatic carbocycles. The molecule has 0 N–H and O–H groups in total. The van der Waals surface area contributed by atoms with Crippen molar-refractivity contribution in [2.75, 3.05) is 14.2 Å². The van der Waals surface area contributed by atoms with Crippen molar-refractivity contribution in [3.8, 4) is 11.5 Å². The Morgan fingerprint density at radius 2 is 1.71 bits per heavy atom. The van der Waals surface area contributed by atoms with E-state index in [9.17, 15) is 4.79 Å². The highest BCUT2D eigenvalue weighted by molar-refractivity contribution is 5.71. The number of allylic oxidation sites excluding steroid dienone is 1. The van der Waals surface area contributed by atoms with Gasteiger partial charge in [-0.05, 0) is 42.2 Å². The highest BCUT2D eigenvalue weighted by Gasteiger charge is 2.13. The smallest absolute Gasteiger partial charge is 0.303 e. The van der Waals surface area contributed by atoms with Gasteiger partial charge in [0.1, 0.15) is 6.10 Å². The second-order valence-electron chi connectivity index (χ2n) is 5.16. The molecule has 0 heterocycles. The van der Waals surface area contributed by atoms with Gasteiger partial charge < -0.3 is 14.2 Å². The van der Waals surface area contributed by atoms with Gasteiger partial charge in [-0.25, -0.2) is 0 Å². The van der Waals surface area contributed by atoms with Crippen LogP contribution in [0.25, 0.3) is 5.57 Å². The number of methoxy groups -OCH3 is 2. The number of benzene rings is 1. The highest BCUT2D eigenvalue weighted by Crippen LogP contribution is 2.33. The second-order valence-corrected chi connectivity index (χ2v) is 5.16. The number of rotatable bonds is 6. The number of carbonyl (C=O) groups is 1. The van der Waals surface area contributed by atoms with Crippen molar-refractivity contribution in [1.29, 1.82) is 0 Å². The topological polar surface area (TPSA) is 44.8 Å². The van der Waals surface area contributed by atoms with Gasteiger partial charge in [0.2, 0.25) is 0 Å². The van der Waals surface area contributed by atoms with Crippen LogP contribution in [0.3, 0.4) is 0 Å². The lowest BCUT2D eigenvalue weighted by atomic mass is 9.93. The van der Waals surface area contributed by atoms with E-state index in [1.807, 2.05) is 31.2 Å². The summed E-state index contributed by atoms with van der Waals surface area (Å²) < 4.78 is 15.8. The molecule has 21 heavy (non-hydrogen) atoms. The number of hydrogen-bond donors (Lipinski definition) is 0. The predicted molar refractivity (Wildman–Crippen MR) is 83.6 cm³/mol. The first-order valence-electron chi connectivity index (χ1n) is 7.00. The zero-order valence-corrected chi connectivity index (χ0v) is 13.6. The fraction of sp³-hybridized carbons (Fsp3) is 0.471. The molecule has 0 aliphatic heterocycles. The van der Waals surface area contributed by atoms with Gasteiger partial charge >= 0.3 is 5.97 Å². The van der Waals surface area contributed by atoms with E-state index >= 15 is 0 Å². The van der Waals surface area contributed by atoms with E-state index in [-0.39, 0.29) is 12.1 Å². The molecule has 0 saturated carbocycles. The summed E-state index contributed by atoms with van der Waals surface area (Å²) >= 11 is 0. The maximum atomic E-state index is 11.0. The first-order valence-corrected chi connectivity index (χ1v) is 7.00. The van der Waals surface area contributed by atoms with E-state index in [1.165, 1.54) is 6.92 Å². The lowest BCUT2D eigenvalue weighted by molar-refractivity contribution is -0.143. The molecule has 1 aromatic rings. The van der Waals surface area contributed by atoms with Crippen molar-refractivity contribution in [3.63, 3.8) is 0 Å². The van der Waals surface area contributed by atoms with E-state index in [0.29, 0.717) is 17.4 Å². The van der Waals surface area contributed by atoms with Crippen LogP contribution in [0.4, 0.5) is 0 Å². The normalized spacial score (nSPS) is 13.0. The third kappa shape index (κ3) is 4.81. The Labute approximate surface area is 126 Å². The van der Waals surface area contributed by atoms with E-state index in [2.05, 4.69) is 13.8 Å². The van der Waals surface area contributed by atoms with Gasteiger partial charge in [-0.1, -0.05) is 19.9 Å². The Balaban J connectivity index is 3.17. The summed E-state index contributed by atoms with van der Waals surface area (Å²) in [6.07, 6.45) is 1.70. The first kappa shape index (κ1) is 17.1. The molecule has 0 unspecified atom stereocenters. The molecule has 0 fully saturated rings. The van der Waals surface area contributed by atoms with Crippen molar-refractivity contribution in [1.82, 2.24) is 0 Å². The first-order chi connectivity index (χ1) is 9.88. The molecule has 0 amide bonds. The number of hydrogen-bond acceptors (Lipinski definition) is 4. The monoisotopic (exact) mass is 292 g/mol. The van der Waals surface area contributed by atoms with Gasteiger partial charge in [0, 0.05) is 6.92 Å². The Kier molecular flexibility index (Phi) is 6.28. The average Bonchev–Trinajstić information content (AvgIpc) is 2.43. The minimum absolute atomic E-state index is 0.270. The summed E-state index contributed by atoms with van der Waals surface area (Å²) in [6, 6.07) is 5.79. The molecule has 1 rings (SSSR count). The van der Waals surface area contributed by atoms with E-state index in [1.54, 1.807) is 14.2 Å². The van der Waals surface area contributed by atoms with Crippen LogP contribution in [0, 0.1) is 5.92 Å². The maximum absolute atomic E-state index is 11.0. The second kappa shape index (κ2) is 7.72. The zero-order chi connectivity index (χ0) is 16.0. The van der Waals surface area contributed by atoms with Crippen molar-refractivity contribution >= 4 is 11.5 Å². The van der Waals surface area contributed by atoms with Gasteiger partial charge in [-0.2, -0.15) is 0 Å². The fourth-order valence-corrected chi connectivity index (χ4v) is 2.19. The van der Waals surface area contributed by atoms with E-state index in [0.717, 1.165) is 11.1 Å². The molecular formula is C17H24O4. The van der Waals surface area contributed by atoms with Gasteiger partial charge in [-0.3, -0.25) is 4.79 Å². The van der Waals surface area contributed by atoms with Crippen LogP contribution in [0.1, 0.15) is 33.3 Å². The minimum Gasteiger partial charge on any atom is -0.493 e. The molecule has 0 aromatic heterocycles. The van der Waals surface area contributed by atoms with Crippen LogP contribution in [-0.2, 0) is 9.53 Å². The Bertz CT molecular complexity index is 518. The lowest BCUT2D eigenvalue weighted by Crippen LogP contribution is -2.11. The summed E-state index contributed by atoms with van der Waals surface area (Å²) in [7, 11) is 3.22. The summed E-state index contributed by atoms with van der Waals surface area (Å²) in [4.78, 5) is 11.0. The average molecular weight is 292 g/mol. The van der Waals surface area contributed by atoms with Crippen LogP contribution in [0.5, 0.6) is 11.5 Å². The molecule has 4 nitrogen and oxygen atoms in total. The predicted octanol–water partition coefficient (Wildman–Crippen LogP) is 3.69.